The van der Waals surface area contributed by atoms with Crippen LogP contribution in [0.4, 0.5) is 0 Å². The molecule has 1 heterocycles. The molecule has 1 aromatic carbocycles. The van der Waals surface area contributed by atoms with Crippen molar-refractivity contribution in [1.82, 2.24) is 10.6 Å². The number of sulfone groups is 1. The fraction of sp³-hybridized carbons (Fsp3) is 0.667. The van der Waals surface area contributed by atoms with Crippen LogP contribution in [0.3, 0.4) is 0 Å². The monoisotopic (exact) mass is 537 g/mol. The third-order valence-electron chi connectivity index (χ3n) is 5.36. The number of guanidine groups is 1. The van der Waals surface area contributed by atoms with E-state index < -0.39 is 9.84 Å². The smallest absolute Gasteiger partial charge is 0.191 e. The van der Waals surface area contributed by atoms with Crippen LogP contribution in [0.15, 0.2) is 29.3 Å². The van der Waals surface area contributed by atoms with Crippen molar-refractivity contribution in [2.24, 2.45) is 4.99 Å². The maximum absolute atomic E-state index is 11.4. The molecule has 1 aliphatic rings. The predicted octanol–water partition coefficient (Wildman–Crippen LogP) is 3.04. The maximum atomic E-state index is 11.4. The summed E-state index contributed by atoms with van der Waals surface area (Å²) in [6.07, 6.45) is 3.73. The van der Waals surface area contributed by atoms with Crippen LogP contribution in [0.2, 0.25) is 0 Å². The maximum Gasteiger partial charge on any atom is 0.191 e. The second-order valence-corrected chi connectivity index (χ2v) is 10.1. The molecule has 166 valence electrons. The van der Waals surface area contributed by atoms with Crippen LogP contribution in [0.1, 0.15) is 44.2 Å². The molecule has 2 rings (SSSR count). The van der Waals surface area contributed by atoms with E-state index in [4.69, 9.17) is 9.73 Å². The van der Waals surface area contributed by atoms with Gasteiger partial charge in [0, 0.05) is 37.5 Å². The van der Waals surface area contributed by atoms with Gasteiger partial charge in [-0.1, -0.05) is 24.3 Å². The molecule has 29 heavy (non-hydrogen) atoms. The van der Waals surface area contributed by atoms with E-state index in [1.807, 2.05) is 13.8 Å². The minimum absolute atomic E-state index is 0. The van der Waals surface area contributed by atoms with Gasteiger partial charge < -0.3 is 15.4 Å². The van der Waals surface area contributed by atoms with Gasteiger partial charge in [-0.2, -0.15) is 0 Å². The minimum Gasteiger partial charge on any atom is -0.381 e. The molecule has 1 atom stereocenters. The highest BCUT2D eigenvalue weighted by Crippen LogP contribution is 2.37. The van der Waals surface area contributed by atoms with Gasteiger partial charge in [-0.25, -0.2) is 8.42 Å². The highest BCUT2D eigenvalue weighted by molar-refractivity contribution is 14.0. The van der Waals surface area contributed by atoms with Gasteiger partial charge in [-0.3, -0.25) is 4.99 Å². The Labute approximate surface area is 193 Å². The molecule has 1 saturated heterocycles. The fourth-order valence-corrected chi connectivity index (χ4v) is 4.47. The zero-order chi connectivity index (χ0) is 20.6. The van der Waals surface area contributed by atoms with Crippen molar-refractivity contribution in [3.8, 4) is 0 Å². The van der Waals surface area contributed by atoms with Crippen molar-refractivity contribution >= 4 is 39.8 Å². The van der Waals surface area contributed by atoms with Gasteiger partial charge in [-0.05, 0) is 51.2 Å². The van der Waals surface area contributed by atoms with Gasteiger partial charge in [0.1, 0.15) is 9.84 Å². The van der Waals surface area contributed by atoms with E-state index in [-0.39, 0.29) is 41.2 Å². The molecule has 0 aliphatic carbocycles. The molecule has 0 saturated carbocycles. The van der Waals surface area contributed by atoms with Crippen LogP contribution in [0.25, 0.3) is 0 Å². The summed E-state index contributed by atoms with van der Waals surface area (Å²) in [6.45, 7) is 9.11. The number of aliphatic imine (C=N–C) groups is 1. The summed E-state index contributed by atoms with van der Waals surface area (Å²) in [6, 6.07) is 8.57. The normalized spacial score (nSPS) is 17.9. The second kappa shape index (κ2) is 12.1. The lowest BCUT2D eigenvalue weighted by atomic mass is 9.72. The Morgan fingerprint density at radius 3 is 2.52 bits per heavy atom. The predicted molar refractivity (Wildman–Crippen MR) is 131 cm³/mol. The van der Waals surface area contributed by atoms with E-state index in [9.17, 15) is 8.42 Å². The van der Waals surface area contributed by atoms with Crippen molar-refractivity contribution in [2.45, 2.75) is 51.5 Å². The van der Waals surface area contributed by atoms with Crippen LogP contribution in [0, 0.1) is 6.92 Å². The zero-order valence-electron chi connectivity index (χ0n) is 18.0. The molecule has 0 aromatic heterocycles. The number of aryl methyl sites for hydroxylation is 1. The number of nitrogens with zero attached hydrogens (tertiary/aromatic N) is 1. The largest absolute Gasteiger partial charge is 0.381 e. The first kappa shape index (κ1) is 26.2. The zero-order valence-corrected chi connectivity index (χ0v) is 21.2. The van der Waals surface area contributed by atoms with Crippen LogP contribution >= 0.6 is 24.0 Å². The molecule has 6 nitrogen and oxygen atoms in total. The van der Waals surface area contributed by atoms with Crippen LogP contribution in [0.5, 0.6) is 0 Å². The van der Waals surface area contributed by atoms with Crippen molar-refractivity contribution < 1.29 is 13.2 Å². The molecule has 0 amide bonds. The Morgan fingerprint density at radius 1 is 1.28 bits per heavy atom. The van der Waals surface area contributed by atoms with E-state index in [2.05, 4.69) is 41.8 Å². The standard InChI is InChI=1S/C21H35N3O3S.HI/c1-5-22-20(24-18(3)10-15-28(4,25)26)23-16-21(11-13-27-14-12-21)19-9-7-6-8-17(19)2;/h6-9,18H,5,10-16H2,1-4H3,(H2,22,23,24);1H. The van der Waals surface area contributed by atoms with Gasteiger partial charge in [0.2, 0.25) is 0 Å². The summed E-state index contributed by atoms with van der Waals surface area (Å²) in [7, 11) is -2.96. The Balaban J connectivity index is 0.00000420. The molecule has 2 N–H and O–H groups in total. The van der Waals surface area contributed by atoms with Crippen LogP contribution in [-0.2, 0) is 20.0 Å². The van der Waals surface area contributed by atoms with Gasteiger partial charge in [0.15, 0.2) is 5.96 Å². The topological polar surface area (TPSA) is 79.8 Å². The molecular weight excluding hydrogens is 501 g/mol. The highest BCUT2D eigenvalue weighted by Gasteiger charge is 2.35. The lowest BCUT2D eigenvalue weighted by Crippen LogP contribution is -2.44. The first-order valence-electron chi connectivity index (χ1n) is 10.1. The molecule has 1 aliphatic heterocycles. The van der Waals surface area contributed by atoms with Crippen LogP contribution < -0.4 is 10.6 Å². The SMILES string of the molecule is CCNC(=NCC1(c2ccccc2C)CCOCC1)NC(C)CCS(C)(=O)=O.I. The third kappa shape index (κ3) is 8.41. The third-order valence-corrected chi connectivity index (χ3v) is 6.33. The quantitative estimate of drug-likeness (QED) is 0.303. The van der Waals surface area contributed by atoms with Crippen molar-refractivity contribution in [3.05, 3.63) is 35.4 Å². The second-order valence-electron chi connectivity index (χ2n) is 7.87. The van der Waals surface area contributed by atoms with E-state index >= 15 is 0 Å². The number of ether oxygens (including phenoxy) is 1. The lowest BCUT2D eigenvalue weighted by Gasteiger charge is -2.37. The van der Waals surface area contributed by atoms with E-state index in [1.165, 1.54) is 17.4 Å². The number of nitrogens with one attached hydrogen (secondary N) is 2. The van der Waals surface area contributed by atoms with Crippen LogP contribution in [-0.4, -0.2) is 58.7 Å². The Bertz CT molecular complexity index is 762. The molecule has 1 fully saturated rings. The average Bonchev–Trinajstić information content (AvgIpc) is 2.65. The number of hydrogen-bond acceptors (Lipinski definition) is 4. The molecule has 0 spiro atoms. The molecule has 8 heteroatoms. The van der Waals surface area contributed by atoms with Gasteiger partial charge in [0.05, 0.1) is 12.3 Å². The van der Waals surface area contributed by atoms with E-state index in [1.54, 1.807) is 0 Å². The Kier molecular flexibility index (Phi) is 10.9. The number of rotatable bonds is 8. The number of hydrogen-bond donors (Lipinski definition) is 2. The molecule has 0 bridgehead atoms. The Morgan fingerprint density at radius 2 is 1.93 bits per heavy atom. The molecular formula is C21H36IN3O3S. The average molecular weight is 538 g/mol. The van der Waals surface area contributed by atoms with Gasteiger partial charge in [-0.15, -0.1) is 24.0 Å². The number of halogens is 1. The summed E-state index contributed by atoms with van der Waals surface area (Å²) in [5.74, 6) is 0.911. The summed E-state index contributed by atoms with van der Waals surface area (Å²) >= 11 is 0. The lowest BCUT2D eigenvalue weighted by molar-refractivity contribution is 0.0529. The van der Waals surface area contributed by atoms with Crippen molar-refractivity contribution in [1.29, 1.82) is 0 Å². The van der Waals surface area contributed by atoms with E-state index in [0.29, 0.717) is 13.0 Å². The fourth-order valence-electron chi connectivity index (χ4n) is 3.69. The van der Waals surface area contributed by atoms with E-state index in [0.717, 1.165) is 38.6 Å². The Hall–Kier alpha value is -0.870. The summed E-state index contributed by atoms with van der Waals surface area (Å²) in [5, 5.41) is 6.65. The highest BCUT2D eigenvalue weighted by atomic mass is 127. The van der Waals surface area contributed by atoms with Gasteiger partial charge in [0.25, 0.3) is 0 Å². The molecule has 0 radical (unpaired) electrons. The summed E-state index contributed by atoms with van der Waals surface area (Å²) in [5.41, 5.74) is 2.61. The molecule has 1 aromatic rings. The van der Waals surface area contributed by atoms with Crippen molar-refractivity contribution in [2.75, 3.05) is 38.3 Å². The summed E-state index contributed by atoms with van der Waals surface area (Å²) in [4.78, 5) is 4.90. The first-order valence-corrected chi connectivity index (χ1v) is 12.2. The minimum atomic E-state index is -2.96. The first-order chi connectivity index (χ1) is 13.3. The van der Waals surface area contributed by atoms with Crippen molar-refractivity contribution in [3.63, 3.8) is 0 Å². The summed E-state index contributed by atoms with van der Waals surface area (Å²) < 4.78 is 28.5. The number of benzene rings is 1. The van der Waals surface area contributed by atoms with Gasteiger partial charge >= 0.3 is 0 Å². The molecule has 1 unspecified atom stereocenters.